The van der Waals surface area contributed by atoms with Crippen LogP contribution in [0.4, 0.5) is 10.5 Å². The summed E-state index contributed by atoms with van der Waals surface area (Å²) in [6.07, 6.45) is 12.7. The molecule has 1 saturated heterocycles. The van der Waals surface area contributed by atoms with Crippen LogP contribution in [0.2, 0.25) is 0 Å². The molecule has 0 spiro atoms. The van der Waals surface area contributed by atoms with E-state index in [1.807, 2.05) is 0 Å². The van der Waals surface area contributed by atoms with Gasteiger partial charge in [0.1, 0.15) is 5.54 Å². The van der Waals surface area contributed by atoms with E-state index in [2.05, 4.69) is 22.0 Å². The van der Waals surface area contributed by atoms with Gasteiger partial charge < -0.3 is 16.0 Å². The number of guanidine groups is 1. The molecule has 4 N–H and O–H groups in total. The van der Waals surface area contributed by atoms with Crippen molar-refractivity contribution >= 4 is 23.6 Å². The molecule has 188 valence electrons. The van der Waals surface area contributed by atoms with Crippen LogP contribution in [0.3, 0.4) is 0 Å². The molecule has 8 heteroatoms. The number of nitrogens with zero attached hydrogens (tertiary/aromatic N) is 2. The van der Waals surface area contributed by atoms with Crippen LogP contribution in [0.25, 0.3) is 0 Å². The second kappa shape index (κ2) is 11.1. The quantitative estimate of drug-likeness (QED) is 0.453. The lowest BCUT2D eigenvalue weighted by molar-refractivity contribution is -0.131. The number of nitriles is 1. The molecule has 3 fully saturated rings. The van der Waals surface area contributed by atoms with E-state index in [-0.39, 0.29) is 23.9 Å². The standard InChI is InChI=1S/C27H38N6O2/c1-33-24(34)27(32-25(33)29,15-14-19-6-3-2-4-7-19)17-21-8-5-9-23(16-21)31-26(35)30-22-12-10-20(18-28)11-13-22/h10-13,19,21,23H,2-9,14-17H2,1H3,(H2,29,32)(H2,30,31,35)/t21-,23+,27+/m0/s1. The van der Waals surface area contributed by atoms with Gasteiger partial charge in [0.25, 0.3) is 5.91 Å². The van der Waals surface area contributed by atoms with Gasteiger partial charge in [-0.2, -0.15) is 5.26 Å². The van der Waals surface area contributed by atoms with Crippen LogP contribution in [-0.2, 0) is 4.79 Å². The normalized spacial score (nSPS) is 27.3. The Bertz CT molecular complexity index is 965. The van der Waals surface area contributed by atoms with Crippen LogP contribution in [0.1, 0.15) is 82.6 Å². The van der Waals surface area contributed by atoms with E-state index in [0.717, 1.165) is 38.5 Å². The van der Waals surface area contributed by atoms with E-state index in [1.165, 1.54) is 37.0 Å². The number of likely N-dealkylation sites (N-methyl/N-ethyl adjacent to an activating group) is 1. The Morgan fingerprint density at radius 2 is 1.86 bits per heavy atom. The maximum atomic E-state index is 13.3. The third-order valence-corrected chi connectivity index (χ3v) is 8.14. The van der Waals surface area contributed by atoms with Crippen molar-refractivity contribution in [3.63, 3.8) is 0 Å². The summed E-state index contributed by atoms with van der Waals surface area (Å²) in [7, 11) is 1.69. The van der Waals surface area contributed by atoms with Gasteiger partial charge in [0.2, 0.25) is 0 Å². The molecule has 0 aromatic heterocycles. The molecule has 4 rings (SSSR count). The van der Waals surface area contributed by atoms with Gasteiger partial charge >= 0.3 is 6.03 Å². The van der Waals surface area contributed by atoms with Gasteiger partial charge in [0.05, 0.1) is 11.6 Å². The van der Waals surface area contributed by atoms with Crippen molar-refractivity contribution in [1.82, 2.24) is 15.5 Å². The average Bonchev–Trinajstić information content (AvgIpc) is 3.07. The second-order valence-corrected chi connectivity index (χ2v) is 10.7. The summed E-state index contributed by atoms with van der Waals surface area (Å²) in [5, 5.41) is 26.4. The number of amides is 3. The number of urea groups is 1. The highest BCUT2D eigenvalue weighted by Gasteiger charge is 2.49. The number of anilines is 1. The molecular weight excluding hydrogens is 440 g/mol. The smallest absolute Gasteiger partial charge is 0.319 e. The summed E-state index contributed by atoms with van der Waals surface area (Å²) in [5.74, 6) is 1.21. The number of nitrogens with one attached hydrogen (secondary N) is 4. The Morgan fingerprint density at radius 1 is 1.14 bits per heavy atom. The largest absolute Gasteiger partial charge is 0.342 e. The minimum absolute atomic E-state index is 0.0203. The second-order valence-electron chi connectivity index (χ2n) is 10.7. The molecule has 3 amide bonds. The number of hydrogen-bond donors (Lipinski definition) is 4. The molecule has 3 aliphatic rings. The number of rotatable bonds is 7. The zero-order valence-corrected chi connectivity index (χ0v) is 20.7. The first-order valence-corrected chi connectivity index (χ1v) is 13.1. The average molecular weight is 479 g/mol. The lowest BCUT2D eigenvalue weighted by Crippen LogP contribution is -2.50. The molecule has 35 heavy (non-hydrogen) atoms. The Labute approximate surface area is 208 Å². The molecule has 1 aliphatic heterocycles. The highest BCUT2D eigenvalue weighted by molar-refractivity contribution is 6.07. The zero-order chi connectivity index (χ0) is 24.8. The van der Waals surface area contributed by atoms with Gasteiger partial charge in [-0.15, -0.1) is 0 Å². The molecule has 0 bridgehead atoms. The fourth-order valence-electron chi connectivity index (χ4n) is 6.20. The third kappa shape index (κ3) is 6.14. The number of hydrogen-bond acceptors (Lipinski definition) is 4. The zero-order valence-electron chi connectivity index (χ0n) is 20.7. The van der Waals surface area contributed by atoms with Crippen molar-refractivity contribution in [3.05, 3.63) is 29.8 Å². The molecule has 0 radical (unpaired) electrons. The first kappa shape index (κ1) is 25.0. The van der Waals surface area contributed by atoms with Gasteiger partial charge in [-0.1, -0.05) is 44.9 Å². The molecule has 0 unspecified atom stereocenters. The fourth-order valence-corrected chi connectivity index (χ4v) is 6.20. The Balaban J connectivity index is 1.35. The highest BCUT2D eigenvalue weighted by atomic mass is 16.2. The topological polar surface area (TPSA) is 121 Å². The molecule has 2 saturated carbocycles. The van der Waals surface area contributed by atoms with Gasteiger partial charge in [-0.3, -0.25) is 15.1 Å². The van der Waals surface area contributed by atoms with E-state index in [9.17, 15) is 9.59 Å². The summed E-state index contributed by atoms with van der Waals surface area (Å²) in [6, 6.07) is 8.68. The lowest BCUT2D eigenvalue weighted by Gasteiger charge is -2.36. The maximum Gasteiger partial charge on any atom is 0.319 e. The summed E-state index contributed by atoms with van der Waals surface area (Å²) in [5.41, 5.74) is 0.510. The van der Waals surface area contributed by atoms with Gasteiger partial charge in [0.15, 0.2) is 5.96 Å². The van der Waals surface area contributed by atoms with Crippen LogP contribution in [0.5, 0.6) is 0 Å². The van der Waals surface area contributed by atoms with Gasteiger partial charge in [-0.05, 0) is 68.2 Å². The lowest BCUT2D eigenvalue weighted by atomic mass is 9.74. The monoisotopic (exact) mass is 478 g/mol. The molecule has 1 heterocycles. The van der Waals surface area contributed by atoms with E-state index in [4.69, 9.17) is 10.7 Å². The van der Waals surface area contributed by atoms with Gasteiger partial charge in [0, 0.05) is 18.8 Å². The number of carbonyl (C=O) groups is 2. The van der Waals surface area contributed by atoms with Crippen LogP contribution >= 0.6 is 0 Å². The predicted molar refractivity (Wildman–Crippen MR) is 136 cm³/mol. The minimum atomic E-state index is -0.694. The molecule has 2 aliphatic carbocycles. The van der Waals surface area contributed by atoms with E-state index in [0.29, 0.717) is 29.5 Å². The van der Waals surface area contributed by atoms with Crippen LogP contribution < -0.4 is 16.0 Å². The van der Waals surface area contributed by atoms with E-state index in [1.54, 1.807) is 31.3 Å². The van der Waals surface area contributed by atoms with Crippen molar-refractivity contribution < 1.29 is 9.59 Å². The summed E-state index contributed by atoms with van der Waals surface area (Å²) in [6.45, 7) is 0. The first-order valence-electron chi connectivity index (χ1n) is 13.1. The summed E-state index contributed by atoms with van der Waals surface area (Å²) < 4.78 is 0. The predicted octanol–water partition coefficient (Wildman–Crippen LogP) is 4.72. The van der Waals surface area contributed by atoms with Crippen molar-refractivity contribution in [2.45, 2.75) is 88.6 Å². The molecule has 8 nitrogen and oxygen atoms in total. The number of benzene rings is 1. The van der Waals surface area contributed by atoms with Crippen molar-refractivity contribution in [3.8, 4) is 6.07 Å². The van der Waals surface area contributed by atoms with E-state index < -0.39 is 5.54 Å². The Hall–Kier alpha value is -3.08. The molecule has 3 atom stereocenters. The van der Waals surface area contributed by atoms with Crippen molar-refractivity contribution in [1.29, 1.82) is 10.7 Å². The highest BCUT2D eigenvalue weighted by Crippen LogP contribution is 2.38. The van der Waals surface area contributed by atoms with Crippen LogP contribution in [0.15, 0.2) is 24.3 Å². The maximum absolute atomic E-state index is 13.3. The molecular formula is C27H38N6O2. The minimum Gasteiger partial charge on any atom is -0.342 e. The first-order chi connectivity index (χ1) is 16.9. The van der Waals surface area contributed by atoms with Crippen LogP contribution in [0, 0.1) is 28.6 Å². The third-order valence-electron chi connectivity index (χ3n) is 8.14. The molecule has 1 aromatic carbocycles. The van der Waals surface area contributed by atoms with Crippen molar-refractivity contribution in [2.75, 3.05) is 12.4 Å². The Kier molecular flexibility index (Phi) is 7.94. The Morgan fingerprint density at radius 3 is 2.51 bits per heavy atom. The van der Waals surface area contributed by atoms with E-state index >= 15 is 0 Å². The fraction of sp³-hybridized carbons (Fsp3) is 0.630. The summed E-state index contributed by atoms with van der Waals surface area (Å²) in [4.78, 5) is 27.4. The van der Waals surface area contributed by atoms with Gasteiger partial charge in [-0.25, -0.2) is 4.79 Å². The molecule has 1 aromatic rings. The summed E-state index contributed by atoms with van der Waals surface area (Å²) >= 11 is 0. The SMILES string of the molecule is CN1C(=N)N[C@](CCC2CCCCC2)(C[C@H]2CCC[C@@H](NC(=O)Nc3ccc(C#N)cc3)C2)C1=O. The number of carbonyl (C=O) groups excluding carboxylic acids is 2. The van der Waals surface area contributed by atoms with Crippen LogP contribution in [-0.4, -0.2) is 41.4 Å². The van der Waals surface area contributed by atoms with Crippen molar-refractivity contribution in [2.24, 2.45) is 11.8 Å².